The summed E-state index contributed by atoms with van der Waals surface area (Å²) in [7, 11) is 0. The highest BCUT2D eigenvalue weighted by Gasteiger charge is 2.24. The van der Waals surface area contributed by atoms with Crippen LogP contribution in [0.1, 0.15) is 27.9 Å². The Morgan fingerprint density at radius 1 is 0.833 bits per heavy atom. The molecule has 0 bridgehead atoms. The van der Waals surface area contributed by atoms with Crippen LogP contribution in [0.5, 0.6) is 0 Å². The van der Waals surface area contributed by atoms with Crippen molar-refractivity contribution in [2.45, 2.75) is 25.5 Å². The number of hydrogen-bond donors (Lipinski definition) is 2. The Balaban J connectivity index is 1.40. The summed E-state index contributed by atoms with van der Waals surface area (Å²) >= 11 is 5.99. The van der Waals surface area contributed by atoms with Gasteiger partial charge in [0.25, 0.3) is 5.91 Å². The molecule has 5 rings (SSSR count). The van der Waals surface area contributed by atoms with E-state index in [0.29, 0.717) is 22.7 Å². The molecular formula is C35H29ClN2O4. The third-order valence-corrected chi connectivity index (χ3v) is 7.35. The second kappa shape index (κ2) is 13.1. The van der Waals surface area contributed by atoms with Crippen molar-refractivity contribution >= 4 is 56.6 Å². The fourth-order valence-electron chi connectivity index (χ4n) is 4.94. The van der Waals surface area contributed by atoms with Crippen molar-refractivity contribution in [1.82, 2.24) is 5.32 Å². The average Bonchev–Trinajstić information content (AvgIpc) is 3.01. The number of benzene rings is 5. The van der Waals surface area contributed by atoms with Gasteiger partial charge in [-0.25, -0.2) is 4.79 Å². The minimum absolute atomic E-state index is 0.0417. The number of para-hydroxylation sites is 1. The fourth-order valence-corrected chi connectivity index (χ4v) is 5.07. The van der Waals surface area contributed by atoms with Gasteiger partial charge in [-0.15, -0.1) is 0 Å². The minimum atomic E-state index is -0.947. The number of esters is 1. The first-order valence-corrected chi connectivity index (χ1v) is 13.9. The highest BCUT2D eigenvalue weighted by molar-refractivity contribution is 6.30. The van der Waals surface area contributed by atoms with Gasteiger partial charge in [0.2, 0.25) is 5.91 Å². The standard InChI is InChI=1S/C35H29ClN2O4/c1-2-33(39)37-31-14-8-5-9-23(31)17-20-32(38-34(40)24-15-18-27(36)19-16-24)35(41)42-22-30-28-12-6-3-10-25(28)21-26-11-4-7-13-29(26)30/h2-16,18-19,21,32H,1,17,20,22H2,(H,37,39)(H,38,40). The molecule has 2 amide bonds. The topological polar surface area (TPSA) is 84.5 Å². The lowest BCUT2D eigenvalue weighted by molar-refractivity contribution is -0.147. The number of fused-ring (bicyclic) bond motifs is 2. The van der Waals surface area contributed by atoms with Crippen molar-refractivity contribution in [3.63, 3.8) is 0 Å². The first-order valence-electron chi connectivity index (χ1n) is 13.6. The largest absolute Gasteiger partial charge is 0.459 e. The quantitative estimate of drug-likeness (QED) is 0.104. The zero-order valence-electron chi connectivity index (χ0n) is 22.8. The van der Waals surface area contributed by atoms with Crippen LogP contribution in [0, 0.1) is 0 Å². The molecule has 0 aliphatic carbocycles. The predicted molar refractivity (Wildman–Crippen MR) is 168 cm³/mol. The maximum atomic E-state index is 13.6. The lowest BCUT2D eigenvalue weighted by Gasteiger charge is -2.20. The third kappa shape index (κ3) is 6.67. The molecule has 5 aromatic rings. The van der Waals surface area contributed by atoms with Crippen molar-refractivity contribution in [3.8, 4) is 0 Å². The van der Waals surface area contributed by atoms with Crippen LogP contribution in [0.4, 0.5) is 5.69 Å². The van der Waals surface area contributed by atoms with Crippen LogP contribution in [0.3, 0.4) is 0 Å². The smallest absolute Gasteiger partial charge is 0.328 e. The van der Waals surface area contributed by atoms with Gasteiger partial charge in [0, 0.05) is 21.8 Å². The van der Waals surface area contributed by atoms with E-state index >= 15 is 0 Å². The molecule has 7 heteroatoms. The maximum absolute atomic E-state index is 13.6. The molecular weight excluding hydrogens is 548 g/mol. The zero-order chi connectivity index (χ0) is 29.5. The van der Waals surface area contributed by atoms with Crippen molar-refractivity contribution in [1.29, 1.82) is 0 Å². The van der Waals surface area contributed by atoms with Gasteiger partial charge in [-0.2, -0.15) is 0 Å². The molecule has 5 aromatic carbocycles. The number of anilines is 1. The van der Waals surface area contributed by atoms with E-state index in [4.69, 9.17) is 16.3 Å². The number of carbonyl (C=O) groups excluding carboxylic acids is 3. The number of rotatable bonds is 10. The lowest BCUT2D eigenvalue weighted by atomic mass is 9.97. The molecule has 0 aliphatic heterocycles. The molecule has 0 spiro atoms. The van der Waals surface area contributed by atoms with Crippen LogP contribution in [0.25, 0.3) is 21.5 Å². The van der Waals surface area contributed by atoms with E-state index in [1.54, 1.807) is 30.3 Å². The Kier molecular flexibility index (Phi) is 8.95. The Hall–Kier alpha value is -4.94. The molecule has 6 nitrogen and oxygen atoms in total. The van der Waals surface area contributed by atoms with Gasteiger partial charge in [-0.05, 0) is 82.4 Å². The van der Waals surface area contributed by atoms with Crippen molar-refractivity contribution in [2.24, 2.45) is 0 Å². The lowest BCUT2D eigenvalue weighted by Crippen LogP contribution is -2.42. The SMILES string of the molecule is C=CC(=O)Nc1ccccc1CCC(NC(=O)c1ccc(Cl)cc1)C(=O)OCc1c2ccccc2cc2ccccc12. The Bertz CT molecular complexity index is 1730. The molecule has 0 heterocycles. The number of hydrogen-bond acceptors (Lipinski definition) is 4. The molecule has 0 fully saturated rings. The van der Waals surface area contributed by atoms with E-state index < -0.39 is 17.9 Å². The van der Waals surface area contributed by atoms with E-state index in [1.807, 2.05) is 66.7 Å². The van der Waals surface area contributed by atoms with Crippen molar-refractivity contribution in [3.05, 3.63) is 137 Å². The van der Waals surface area contributed by atoms with Crippen molar-refractivity contribution in [2.75, 3.05) is 5.32 Å². The first-order chi connectivity index (χ1) is 20.4. The van der Waals surface area contributed by atoms with Crippen LogP contribution < -0.4 is 10.6 Å². The van der Waals surface area contributed by atoms with Crippen LogP contribution in [-0.4, -0.2) is 23.8 Å². The minimum Gasteiger partial charge on any atom is -0.459 e. The molecule has 0 saturated heterocycles. The maximum Gasteiger partial charge on any atom is 0.328 e. The van der Waals surface area contributed by atoms with Gasteiger partial charge in [-0.1, -0.05) is 84.9 Å². The molecule has 0 aliphatic rings. The van der Waals surface area contributed by atoms with Gasteiger partial charge in [-0.3, -0.25) is 9.59 Å². The second-order valence-electron chi connectivity index (χ2n) is 9.83. The molecule has 0 radical (unpaired) electrons. The van der Waals surface area contributed by atoms with Gasteiger partial charge in [0.05, 0.1) is 0 Å². The average molecular weight is 577 g/mol. The van der Waals surface area contributed by atoms with E-state index in [9.17, 15) is 14.4 Å². The van der Waals surface area contributed by atoms with E-state index in [-0.39, 0.29) is 18.9 Å². The fraction of sp³-hybridized carbons (Fsp3) is 0.114. The summed E-state index contributed by atoms with van der Waals surface area (Å²) in [6.45, 7) is 3.55. The molecule has 42 heavy (non-hydrogen) atoms. The second-order valence-corrected chi connectivity index (χ2v) is 10.3. The van der Waals surface area contributed by atoms with Crippen LogP contribution in [-0.2, 0) is 27.4 Å². The first kappa shape index (κ1) is 28.6. The summed E-state index contributed by atoms with van der Waals surface area (Å²) in [6, 6.07) is 30.9. The summed E-state index contributed by atoms with van der Waals surface area (Å²) in [6.07, 6.45) is 1.83. The Morgan fingerprint density at radius 2 is 1.45 bits per heavy atom. The summed E-state index contributed by atoms with van der Waals surface area (Å²) in [5.41, 5.74) is 2.69. The molecule has 210 valence electrons. The van der Waals surface area contributed by atoms with Crippen molar-refractivity contribution < 1.29 is 19.1 Å². The molecule has 0 aromatic heterocycles. The zero-order valence-corrected chi connectivity index (χ0v) is 23.6. The number of carbonyl (C=O) groups is 3. The Morgan fingerprint density at radius 3 is 2.12 bits per heavy atom. The highest BCUT2D eigenvalue weighted by Crippen LogP contribution is 2.29. The number of nitrogens with one attached hydrogen (secondary N) is 2. The summed E-state index contributed by atoms with van der Waals surface area (Å²) in [5.74, 6) is -1.31. The predicted octanol–water partition coefficient (Wildman–Crippen LogP) is 7.25. The number of ether oxygens (including phenoxy) is 1. The number of amides is 2. The summed E-state index contributed by atoms with van der Waals surface area (Å²) < 4.78 is 5.91. The van der Waals surface area contributed by atoms with Crippen LogP contribution in [0.15, 0.2) is 116 Å². The summed E-state index contributed by atoms with van der Waals surface area (Å²) in [4.78, 5) is 38.7. The van der Waals surface area contributed by atoms with Gasteiger partial charge >= 0.3 is 5.97 Å². The third-order valence-electron chi connectivity index (χ3n) is 7.10. The van der Waals surface area contributed by atoms with E-state index in [1.165, 1.54) is 6.08 Å². The van der Waals surface area contributed by atoms with Gasteiger partial charge < -0.3 is 15.4 Å². The van der Waals surface area contributed by atoms with Crippen LogP contribution >= 0.6 is 11.6 Å². The molecule has 0 saturated carbocycles. The van der Waals surface area contributed by atoms with E-state index in [2.05, 4.69) is 23.3 Å². The number of halogens is 1. The molecule has 2 N–H and O–H groups in total. The van der Waals surface area contributed by atoms with Crippen LogP contribution in [0.2, 0.25) is 5.02 Å². The van der Waals surface area contributed by atoms with E-state index in [0.717, 1.165) is 32.7 Å². The monoisotopic (exact) mass is 576 g/mol. The molecule has 1 atom stereocenters. The normalized spacial score (nSPS) is 11.5. The highest BCUT2D eigenvalue weighted by atomic mass is 35.5. The van der Waals surface area contributed by atoms with Gasteiger partial charge in [0.15, 0.2) is 0 Å². The summed E-state index contributed by atoms with van der Waals surface area (Å²) in [5, 5.41) is 10.2. The van der Waals surface area contributed by atoms with Gasteiger partial charge in [0.1, 0.15) is 12.6 Å². The molecule has 1 unspecified atom stereocenters. The number of aryl methyl sites for hydroxylation is 1. The Labute approximate surface area is 249 Å².